The highest BCUT2D eigenvalue weighted by atomic mass is 32.2. The van der Waals surface area contributed by atoms with Crippen LogP contribution in [0.1, 0.15) is 17.5 Å². The highest BCUT2D eigenvalue weighted by Crippen LogP contribution is 2.30. The Bertz CT molecular complexity index is 1050. The van der Waals surface area contributed by atoms with Crippen molar-refractivity contribution in [1.82, 2.24) is 0 Å². The Balaban J connectivity index is 1.69. The van der Waals surface area contributed by atoms with E-state index in [1.165, 1.54) is 24.1 Å². The second kappa shape index (κ2) is 7.63. The molecule has 3 rings (SSSR count). The van der Waals surface area contributed by atoms with E-state index >= 15 is 0 Å². The van der Waals surface area contributed by atoms with Crippen molar-refractivity contribution in [2.75, 3.05) is 30.1 Å². The fourth-order valence-corrected chi connectivity index (χ4v) is 4.40. The summed E-state index contributed by atoms with van der Waals surface area (Å²) in [7, 11) is -0.490. The lowest BCUT2D eigenvalue weighted by Gasteiger charge is -2.12. The molecule has 148 valence electrons. The van der Waals surface area contributed by atoms with Gasteiger partial charge in [0.1, 0.15) is 5.75 Å². The minimum absolute atomic E-state index is 0.0731. The number of carbonyl (C=O) groups excluding carboxylic acids is 2. The zero-order chi connectivity index (χ0) is 20.5. The highest BCUT2D eigenvalue weighted by molar-refractivity contribution is 7.91. The number of methoxy groups -OCH3 is 1. The maximum atomic E-state index is 12.6. The number of amides is 2. The third-order valence-electron chi connectivity index (χ3n) is 4.71. The van der Waals surface area contributed by atoms with Crippen molar-refractivity contribution in [3.8, 4) is 5.75 Å². The van der Waals surface area contributed by atoms with E-state index in [2.05, 4.69) is 5.32 Å². The number of benzene rings is 2. The monoisotopic (exact) mass is 402 g/mol. The van der Waals surface area contributed by atoms with Gasteiger partial charge in [0.25, 0.3) is 0 Å². The number of sulfone groups is 1. The number of carbonyl (C=O) groups is 2. The molecule has 0 saturated heterocycles. The van der Waals surface area contributed by atoms with Crippen LogP contribution in [0.3, 0.4) is 0 Å². The summed E-state index contributed by atoms with van der Waals surface area (Å²) in [5, 5.41) is 2.70. The first-order valence-electron chi connectivity index (χ1n) is 8.78. The second-order valence-electron chi connectivity index (χ2n) is 6.74. The van der Waals surface area contributed by atoms with Crippen molar-refractivity contribution < 1.29 is 22.7 Å². The highest BCUT2D eigenvalue weighted by Gasteiger charge is 2.26. The van der Waals surface area contributed by atoms with Gasteiger partial charge >= 0.3 is 0 Å². The Morgan fingerprint density at radius 3 is 2.68 bits per heavy atom. The Morgan fingerprint density at radius 1 is 1.21 bits per heavy atom. The third kappa shape index (κ3) is 4.01. The number of anilines is 2. The van der Waals surface area contributed by atoms with Crippen molar-refractivity contribution in [3.63, 3.8) is 0 Å². The van der Waals surface area contributed by atoms with Gasteiger partial charge in [0.15, 0.2) is 9.84 Å². The van der Waals surface area contributed by atoms with E-state index in [1.54, 1.807) is 25.2 Å². The molecule has 2 aromatic rings. The first-order chi connectivity index (χ1) is 13.2. The molecule has 0 bridgehead atoms. The maximum absolute atomic E-state index is 12.6. The van der Waals surface area contributed by atoms with Crippen LogP contribution in [-0.2, 0) is 25.8 Å². The standard InChI is InChI=1S/C20H22N2O5S/c1-13-4-7-18(27-3)16(10-13)21-19(23)8-9-28(25,26)15-5-6-17-14(11-15)12-20(24)22(17)2/h4-7,10-11H,8-9,12H2,1-3H3,(H,21,23). The lowest BCUT2D eigenvalue weighted by Crippen LogP contribution is -2.20. The Morgan fingerprint density at radius 2 is 1.96 bits per heavy atom. The molecular formula is C20H22N2O5S. The second-order valence-corrected chi connectivity index (χ2v) is 8.85. The number of nitrogens with one attached hydrogen (secondary N) is 1. The van der Waals surface area contributed by atoms with E-state index in [4.69, 9.17) is 4.74 Å². The predicted molar refractivity (Wildman–Crippen MR) is 107 cm³/mol. The third-order valence-corrected chi connectivity index (χ3v) is 6.43. The number of nitrogens with zero attached hydrogens (tertiary/aromatic N) is 1. The molecule has 0 radical (unpaired) electrons. The Kier molecular flexibility index (Phi) is 5.42. The van der Waals surface area contributed by atoms with Crippen LogP contribution in [0.5, 0.6) is 5.75 Å². The van der Waals surface area contributed by atoms with Crippen LogP contribution in [0.2, 0.25) is 0 Å². The van der Waals surface area contributed by atoms with Gasteiger partial charge in [0, 0.05) is 19.2 Å². The minimum Gasteiger partial charge on any atom is -0.495 e. The number of ether oxygens (including phenoxy) is 1. The summed E-state index contributed by atoms with van der Waals surface area (Å²) in [5.41, 5.74) is 2.85. The van der Waals surface area contributed by atoms with Crippen LogP contribution in [0.4, 0.5) is 11.4 Å². The first-order valence-corrected chi connectivity index (χ1v) is 10.4. The Hall–Kier alpha value is -2.87. The van der Waals surface area contributed by atoms with Gasteiger partial charge in [-0.15, -0.1) is 0 Å². The number of fused-ring (bicyclic) bond motifs is 1. The van der Waals surface area contributed by atoms with Gasteiger partial charge in [0.05, 0.1) is 29.9 Å². The van der Waals surface area contributed by atoms with Crippen LogP contribution in [0.25, 0.3) is 0 Å². The van der Waals surface area contributed by atoms with Gasteiger partial charge in [-0.2, -0.15) is 0 Å². The number of rotatable bonds is 6. The topological polar surface area (TPSA) is 92.8 Å². The van der Waals surface area contributed by atoms with Gasteiger partial charge in [-0.25, -0.2) is 8.42 Å². The molecule has 0 saturated carbocycles. The van der Waals surface area contributed by atoms with Gasteiger partial charge < -0.3 is 15.0 Å². The Labute approximate surface area is 164 Å². The van der Waals surface area contributed by atoms with Gasteiger partial charge in [-0.3, -0.25) is 9.59 Å². The zero-order valence-corrected chi connectivity index (χ0v) is 16.8. The van der Waals surface area contributed by atoms with E-state index in [0.29, 0.717) is 22.7 Å². The molecule has 2 aromatic carbocycles. The van der Waals surface area contributed by atoms with Crippen molar-refractivity contribution >= 4 is 33.0 Å². The van der Waals surface area contributed by atoms with Crippen LogP contribution in [-0.4, -0.2) is 40.1 Å². The molecule has 1 N–H and O–H groups in total. The summed E-state index contributed by atoms with van der Waals surface area (Å²) in [6, 6.07) is 9.99. The van der Waals surface area contributed by atoms with E-state index in [1.807, 2.05) is 13.0 Å². The molecule has 0 aliphatic carbocycles. The molecule has 0 atom stereocenters. The normalized spacial score (nSPS) is 13.4. The lowest BCUT2D eigenvalue weighted by atomic mass is 10.2. The smallest absolute Gasteiger partial charge is 0.231 e. The first kappa shape index (κ1) is 19.9. The van der Waals surface area contributed by atoms with Crippen molar-refractivity contribution in [2.24, 2.45) is 0 Å². The minimum atomic E-state index is -3.65. The van der Waals surface area contributed by atoms with Gasteiger partial charge in [-0.1, -0.05) is 6.07 Å². The maximum Gasteiger partial charge on any atom is 0.231 e. The van der Waals surface area contributed by atoms with E-state index in [-0.39, 0.29) is 29.4 Å². The molecule has 7 nitrogen and oxygen atoms in total. The predicted octanol–water partition coefficient (Wildman–Crippen LogP) is 2.33. The zero-order valence-electron chi connectivity index (χ0n) is 16.0. The van der Waals surface area contributed by atoms with Crippen molar-refractivity contribution in [1.29, 1.82) is 0 Å². The number of hydrogen-bond acceptors (Lipinski definition) is 5. The summed E-state index contributed by atoms with van der Waals surface area (Å²) >= 11 is 0. The molecule has 0 fully saturated rings. The lowest BCUT2D eigenvalue weighted by molar-refractivity contribution is -0.117. The SMILES string of the molecule is COc1ccc(C)cc1NC(=O)CCS(=O)(=O)c1ccc2c(c1)CC(=O)N2C. The van der Waals surface area contributed by atoms with Gasteiger partial charge in [0.2, 0.25) is 11.8 Å². The number of aryl methyl sites for hydroxylation is 1. The van der Waals surface area contributed by atoms with E-state index in [0.717, 1.165) is 5.56 Å². The van der Waals surface area contributed by atoms with Crippen molar-refractivity contribution in [3.05, 3.63) is 47.5 Å². The van der Waals surface area contributed by atoms with Crippen LogP contribution in [0, 0.1) is 6.92 Å². The van der Waals surface area contributed by atoms with E-state index < -0.39 is 15.7 Å². The molecular weight excluding hydrogens is 380 g/mol. The summed E-state index contributed by atoms with van der Waals surface area (Å²) in [4.78, 5) is 25.7. The number of likely N-dealkylation sites (N-methyl/N-ethyl adjacent to an activating group) is 1. The van der Waals surface area contributed by atoms with Gasteiger partial charge in [-0.05, 0) is 48.4 Å². The largest absolute Gasteiger partial charge is 0.495 e. The average Bonchev–Trinajstić information content (AvgIpc) is 2.94. The molecule has 0 unspecified atom stereocenters. The number of hydrogen-bond donors (Lipinski definition) is 1. The molecule has 0 aromatic heterocycles. The summed E-state index contributed by atoms with van der Waals surface area (Å²) in [5.74, 6) is -0.302. The molecule has 28 heavy (non-hydrogen) atoms. The van der Waals surface area contributed by atoms with E-state index in [9.17, 15) is 18.0 Å². The fourth-order valence-electron chi connectivity index (χ4n) is 3.12. The summed E-state index contributed by atoms with van der Waals surface area (Å²) in [6.45, 7) is 1.88. The molecule has 1 heterocycles. The summed E-state index contributed by atoms with van der Waals surface area (Å²) < 4.78 is 30.5. The average molecular weight is 402 g/mol. The molecule has 0 spiro atoms. The van der Waals surface area contributed by atoms with Crippen molar-refractivity contribution in [2.45, 2.75) is 24.7 Å². The molecule has 1 aliphatic rings. The molecule has 8 heteroatoms. The quantitative estimate of drug-likeness (QED) is 0.801. The fraction of sp³-hybridized carbons (Fsp3) is 0.300. The summed E-state index contributed by atoms with van der Waals surface area (Å²) in [6.07, 6.45) is -0.00181. The molecule has 1 aliphatic heterocycles. The van der Waals surface area contributed by atoms with Crippen LogP contribution in [0.15, 0.2) is 41.3 Å². The van der Waals surface area contributed by atoms with Crippen LogP contribution >= 0.6 is 0 Å². The van der Waals surface area contributed by atoms with Crippen LogP contribution < -0.4 is 15.0 Å². The molecule has 2 amide bonds.